The van der Waals surface area contributed by atoms with Crippen LogP contribution in [0.15, 0.2) is 14.7 Å². The molecule has 2 atom stereocenters. The number of hydrogen-bond donors (Lipinski definition) is 2. The van der Waals surface area contributed by atoms with E-state index in [2.05, 4.69) is 21.5 Å². The Hall–Kier alpha value is -1.59. The Labute approximate surface area is 121 Å². The minimum absolute atomic E-state index is 0.0581. The first-order chi connectivity index (χ1) is 9.31. The first-order valence-corrected chi connectivity index (χ1v) is 7.19. The van der Waals surface area contributed by atoms with Crippen molar-refractivity contribution in [2.45, 2.75) is 43.1 Å². The van der Waals surface area contributed by atoms with E-state index >= 15 is 0 Å². The molecule has 2 unspecified atom stereocenters. The summed E-state index contributed by atoms with van der Waals surface area (Å²) >= 11 is 1.35. The number of rotatable bonds is 6. The lowest BCUT2D eigenvalue weighted by molar-refractivity contribution is 0.429. The largest absolute Gasteiger partial charge is 0.339 e. The molecule has 0 saturated heterocycles. The van der Waals surface area contributed by atoms with Crippen molar-refractivity contribution >= 4 is 11.8 Å². The molecule has 0 aliphatic rings. The molecule has 0 amide bonds. The van der Waals surface area contributed by atoms with Crippen molar-refractivity contribution in [3.63, 3.8) is 0 Å². The zero-order valence-corrected chi connectivity index (χ0v) is 12.9. The predicted molar refractivity (Wildman–Crippen MR) is 77.7 cm³/mol. The van der Waals surface area contributed by atoms with Gasteiger partial charge in [0, 0.05) is 12.3 Å². The number of aromatic nitrogens is 3. The molecule has 1 aromatic heterocycles. The molecule has 1 rings (SSSR count). The zero-order valence-electron chi connectivity index (χ0n) is 12.1. The van der Waals surface area contributed by atoms with Gasteiger partial charge in [0.25, 0.3) is 0 Å². The number of H-pyrrole nitrogens is 1. The summed E-state index contributed by atoms with van der Waals surface area (Å²) in [6, 6.07) is 2.26. The van der Waals surface area contributed by atoms with Gasteiger partial charge in [-0.2, -0.15) is 10.2 Å². The molecule has 0 spiro atoms. The lowest BCUT2D eigenvalue weighted by Crippen LogP contribution is -2.42. The first-order valence-electron chi connectivity index (χ1n) is 6.31. The van der Waals surface area contributed by atoms with Crippen molar-refractivity contribution in [3.05, 3.63) is 20.7 Å². The molecule has 110 valence electrons. The summed E-state index contributed by atoms with van der Waals surface area (Å²) < 4.78 is 1.42. The highest BCUT2D eigenvalue weighted by Crippen LogP contribution is 2.25. The van der Waals surface area contributed by atoms with Crippen molar-refractivity contribution < 1.29 is 0 Å². The Bertz CT molecular complexity index is 617. The van der Waals surface area contributed by atoms with Crippen LogP contribution in [0.4, 0.5) is 0 Å². The summed E-state index contributed by atoms with van der Waals surface area (Å²) in [5.74, 6) is 0. The molecule has 0 saturated carbocycles. The molecule has 20 heavy (non-hydrogen) atoms. The standard InChI is InChI=1S/C12H19N5O2S/c1-5-14-12(3,7-13)6-8(2)20-11-15-9(18)10(19)16-17(11)4/h8,14H,5-6H2,1-4H3,(H,16,19). The van der Waals surface area contributed by atoms with Crippen LogP contribution < -0.4 is 16.4 Å². The molecule has 2 N–H and O–H groups in total. The van der Waals surface area contributed by atoms with Crippen LogP contribution in [0.2, 0.25) is 0 Å². The average molecular weight is 297 g/mol. The highest BCUT2D eigenvalue weighted by atomic mass is 32.2. The number of nitriles is 1. The van der Waals surface area contributed by atoms with E-state index in [1.54, 1.807) is 7.05 Å². The molecule has 0 radical (unpaired) electrons. The Morgan fingerprint density at radius 3 is 2.80 bits per heavy atom. The van der Waals surface area contributed by atoms with Crippen molar-refractivity contribution in [1.29, 1.82) is 5.26 Å². The maximum atomic E-state index is 11.3. The lowest BCUT2D eigenvalue weighted by Gasteiger charge is -2.25. The van der Waals surface area contributed by atoms with Crippen molar-refractivity contribution in [1.82, 2.24) is 20.1 Å². The molecular weight excluding hydrogens is 278 g/mol. The van der Waals surface area contributed by atoms with Crippen LogP contribution in [0.25, 0.3) is 0 Å². The first kappa shape index (κ1) is 16.5. The fraction of sp³-hybridized carbons (Fsp3) is 0.667. The second-order valence-corrected chi connectivity index (χ2v) is 6.21. The van der Waals surface area contributed by atoms with Crippen LogP contribution in [-0.4, -0.2) is 32.1 Å². The Morgan fingerprint density at radius 1 is 1.60 bits per heavy atom. The molecule has 0 aliphatic heterocycles. The third kappa shape index (κ3) is 4.21. The molecule has 0 bridgehead atoms. The minimum atomic E-state index is -0.799. The smallest absolute Gasteiger partial charge is 0.300 e. The topological polar surface area (TPSA) is 104 Å². The molecule has 1 aromatic rings. The SMILES string of the molecule is CCNC(C)(C#N)CC(C)Sc1nc(=O)c(=O)[nH]n1C. The maximum Gasteiger partial charge on any atom is 0.339 e. The summed E-state index contributed by atoms with van der Waals surface area (Å²) in [5, 5.41) is 15.3. The quantitative estimate of drug-likeness (QED) is 0.575. The fourth-order valence-corrected chi connectivity index (χ4v) is 3.03. The van der Waals surface area contributed by atoms with Crippen LogP contribution in [0.5, 0.6) is 0 Å². The van der Waals surface area contributed by atoms with Crippen molar-refractivity contribution in [2.75, 3.05) is 6.54 Å². The highest BCUT2D eigenvalue weighted by molar-refractivity contribution is 7.99. The van der Waals surface area contributed by atoms with Gasteiger partial charge in [-0.15, -0.1) is 0 Å². The van der Waals surface area contributed by atoms with Crippen molar-refractivity contribution in [3.8, 4) is 6.07 Å². The van der Waals surface area contributed by atoms with E-state index < -0.39 is 16.7 Å². The van der Waals surface area contributed by atoms with Gasteiger partial charge in [-0.3, -0.25) is 24.7 Å². The van der Waals surface area contributed by atoms with Crippen LogP contribution in [0.1, 0.15) is 27.2 Å². The second kappa shape index (κ2) is 6.72. The maximum absolute atomic E-state index is 11.3. The highest BCUT2D eigenvalue weighted by Gasteiger charge is 2.26. The van der Waals surface area contributed by atoms with E-state index in [1.165, 1.54) is 16.4 Å². The molecule has 7 nitrogen and oxygen atoms in total. The fourth-order valence-electron chi connectivity index (χ4n) is 1.91. The van der Waals surface area contributed by atoms with Gasteiger partial charge in [0.15, 0.2) is 5.16 Å². The van der Waals surface area contributed by atoms with Gasteiger partial charge in [-0.05, 0) is 19.9 Å². The Kier molecular flexibility index (Phi) is 5.53. The van der Waals surface area contributed by atoms with Crippen LogP contribution >= 0.6 is 11.8 Å². The Balaban J connectivity index is 2.84. The van der Waals surface area contributed by atoms with Gasteiger partial charge in [-0.25, -0.2) is 0 Å². The summed E-state index contributed by atoms with van der Waals surface area (Å²) in [6.45, 7) is 6.44. The van der Waals surface area contributed by atoms with Gasteiger partial charge in [-0.1, -0.05) is 25.6 Å². The summed E-state index contributed by atoms with van der Waals surface area (Å²) in [5.41, 5.74) is -2.16. The predicted octanol–water partition coefficient (Wildman–Crippen LogP) is 0.231. The number of aromatic amines is 1. The molecule has 0 aromatic carbocycles. The van der Waals surface area contributed by atoms with E-state index in [9.17, 15) is 14.9 Å². The number of aryl methyl sites for hydroxylation is 1. The monoisotopic (exact) mass is 297 g/mol. The minimum Gasteiger partial charge on any atom is -0.300 e. The van der Waals surface area contributed by atoms with Crippen LogP contribution in [0, 0.1) is 11.3 Å². The van der Waals surface area contributed by atoms with Gasteiger partial charge in [0.05, 0.1) is 6.07 Å². The lowest BCUT2D eigenvalue weighted by atomic mass is 9.98. The van der Waals surface area contributed by atoms with Gasteiger partial charge < -0.3 is 0 Å². The Morgan fingerprint density at radius 2 is 2.25 bits per heavy atom. The third-order valence-electron chi connectivity index (χ3n) is 2.76. The number of nitrogens with one attached hydrogen (secondary N) is 2. The summed E-state index contributed by atoms with van der Waals surface area (Å²) in [6.07, 6.45) is 0.594. The van der Waals surface area contributed by atoms with E-state index in [1.807, 2.05) is 20.8 Å². The molecular formula is C12H19N5O2S. The third-order valence-corrected chi connectivity index (χ3v) is 3.91. The zero-order chi connectivity index (χ0) is 15.3. The van der Waals surface area contributed by atoms with Gasteiger partial charge in [0.2, 0.25) is 0 Å². The van der Waals surface area contributed by atoms with Crippen LogP contribution in [0.3, 0.4) is 0 Å². The molecule has 0 aliphatic carbocycles. The molecule has 1 heterocycles. The van der Waals surface area contributed by atoms with Crippen molar-refractivity contribution in [2.24, 2.45) is 7.05 Å². The number of thioether (sulfide) groups is 1. The van der Waals surface area contributed by atoms with E-state index in [4.69, 9.17) is 0 Å². The summed E-state index contributed by atoms with van der Waals surface area (Å²) in [4.78, 5) is 26.1. The average Bonchev–Trinajstić information content (AvgIpc) is 2.36. The normalized spacial score (nSPS) is 15.3. The van der Waals surface area contributed by atoms with E-state index in [0.29, 0.717) is 18.1 Å². The van der Waals surface area contributed by atoms with E-state index in [-0.39, 0.29) is 5.25 Å². The number of hydrogen-bond acceptors (Lipinski definition) is 6. The molecule has 8 heteroatoms. The summed E-state index contributed by atoms with van der Waals surface area (Å²) in [7, 11) is 1.62. The number of nitrogens with zero attached hydrogens (tertiary/aromatic N) is 3. The van der Waals surface area contributed by atoms with E-state index in [0.717, 1.165) is 0 Å². The van der Waals surface area contributed by atoms with Gasteiger partial charge in [0.1, 0.15) is 5.54 Å². The van der Waals surface area contributed by atoms with Crippen LogP contribution in [-0.2, 0) is 7.05 Å². The van der Waals surface area contributed by atoms with Gasteiger partial charge >= 0.3 is 11.1 Å². The second-order valence-electron chi connectivity index (χ2n) is 4.81. The molecule has 0 fully saturated rings.